The van der Waals surface area contributed by atoms with Crippen molar-refractivity contribution in [2.75, 3.05) is 18.6 Å². The van der Waals surface area contributed by atoms with Crippen LogP contribution in [0.1, 0.15) is 40.7 Å². The van der Waals surface area contributed by atoms with Crippen molar-refractivity contribution in [2.24, 2.45) is 0 Å². The maximum Gasteiger partial charge on any atom is 0.337 e. The summed E-state index contributed by atoms with van der Waals surface area (Å²) in [6.07, 6.45) is 4.36. The van der Waals surface area contributed by atoms with Crippen molar-refractivity contribution in [2.45, 2.75) is 32.1 Å². The molecule has 0 radical (unpaired) electrons. The largest absolute Gasteiger partial charge is 0.493 e. The number of benzene rings is 1. The molecule has 2 rings (SSSR count). The summed E-state index contributed by atoms with van der Waals surface area (Å²) in [7, 11) is 1.37. The number of aromatic hydroxyl groups is 1. The van der Waals surface area contributed by atoms with Gasteiger partial charge < -0.3 is 21.3 Å². The monoisotopic (exact) mass is 330 g/mol. The molecule has 0 saturated carbocycles. The number of aromatic nitrogens is 2. The van der Waals surface area contributed by atoms with Crippen LogP contribution >= 0.6 is 0 Å². The zero-order chi connectivity index (χ0) is 17.5. The van der Waals surface area contributed by atoms with Crippen molar-refractivity contribution >= 4 is 17.7 Å². The summed E-state index contributed by atoms with van der Waals surface area (Å²) in [6.45, 7) is 0. The van der Waals surface area contributed by atoms with Gasteiger partial charge in [-0.2, -0.15) is 9.97 Å². The van der Waals surface area contributed by atoms with E-state index in [0.717, 1.165) is 25.7 Å². The van der Waals surface area contributed by atoms with Crippen molar-refractivity contribution in [3.8, 4) is 5.88 Å². The van der Waals surface area contributed by atoms with Crippen molar-refractivity contribution < 1.29 is 14.6 Å². The number of carbonyl (C=O) groups excluding carboxylic acids is 1. The summed E-state index contributed by atoms with van der Waals surface area (Å²) in [5.74, 6) is -0.259. The Morgan fingerprint density at radius 1 is 1.08 bits per heavy atom. The molecule has 0 aliphatic carbocycles. The summed E-state index contributed by atoms with van der Waals surface area (Å²) in [5, 5.41) is 9.75. The number of unbranched alkanes of at least 4 members (excludes halogenated alkanes) is 2. The quantitative estimate of drug-likeness (QED) is 0.524. The van der Waals surface area contributed by atoms with Gasteiger partial charge in [0.15, 0.2) is 0 Å². The molecule has 0 saturated heterocycles. The maximum absolute atomic E-state index is 11.4. The molecule has 2 aromatic rings. The number of nitrogen functional groups attached to an aromatic ring is 2. The Balaban J connectivity index is 1.76. The molecular weight excluding hydrogens is 308 g/mol. The standard InChI is InChI=1S/C17H22N4O3/c1-24-16(23)12-9-7-11(8-10-12)5-3-2-4-6-13-14(18)20-17(19)21-15(13)22/h7-10H,2-6H2,1H3,(H5,18,19,20,21,22). The molecule has 24 heavy (non-hydrogen) atoms. The number of nitrogens with two attached hydrogens (primary N) is 2. The lowest BCUT2D eigenvalue weighted by Gasteiger charge is -2.07. The van der Waals surface area contributed by atoms with Crippen molar-refractivity contribution in [3.05, 3.63) is 41.0 Å². The number of ether oxygens (including phenoxy) is 1. The molecule has 7 heteroatoms. The molecule has 0 atom stereocenters. The van der Waals surface area contributed by atoms with Gasteiger partial charge in [0.25, 0.3) is 0 Å². The van der Waals surface area contributed by atoms with Crippen LogP contribution in [0, 0.1) is 0 Å². The molecular formula is C17H22N4O3. The molecule has 0 aliphatic rings. The van der Waals surface area contributed by atoms with Gasteiger partial charge in [0.1, 0.15) is 5.82 Å². The van der Waals surface area contributed by atoms with Gasteiger partial charge in [0.05, 0.1) is 18.2 Å². The second-order valence-electron chi connectivity index (χ2n) is 5.52. The Kier molecular flexibility index (Phi) is 5.95. The topological polar surface area (TPSA) is 124 Å². The lowest BCUT2D eigenvalue weighted by atomic mass is 10.0. The van der Waals surface area contributed by atoms with Crippen LogP contribution in [0.3, 0.4) is 0 Å². The summed E-state index contributed by atoms with van der Waals surface area (Å²) in [6, 6.07) is 7.41. The molecule has 0 aliphatic heterocycles. The van der Waals surface area contributed by atoms with Crippen LogP contribution in [-0.4, -0.2) is 28.2 Å². The number of anilines is 2. The van der Waals surface area contributed by atoms with Crippen molar-refractivity contribution in [1.29, 1.82) is 0 Å². The normalized spacial score (nSPS) is 10.5. The lowest BCUT2D eigenvalue weighted by molar-refractivity contribution is 0.0600. The van der Waals surface area contributed by atoms with Gasteiger partial charge in [-0.25, -0.2) is 4.79 Å². The van der Waals surface area contributed by atoms with Gasteiger partial charge >= 0.3 is 5.97 Å². The highest BCUT2D eigenvalue weighted by atomic mass is 16.5. The minimum absolute atomic E-state index is 0.0239. The van der Waals surface area contributed by atoms with Crippen LogP contribution < -0.4 is 11.5 Å². The average molecular weight is 330 g/mol. The van der Waals surface area contributed by atoms with Crippen LogP contribution in [0.4, 0.5) is 11.8 Å². The van der Waals surface area contributed by atoms with E-state index in [1.165, 1.54) is 12.7 Å². The molecule has 1 aromatic heterocycles. The third-order valence-electron chi connectivity index (χ3n) is 3.80. The van der Waals surface area contributed by atoms with E-state index < -0.39 is 0 Å². The van der Waals surface area contributed by atoms with Gasteiger partial charge in [0, 0.05) is 0 Å². The number of hydrogen-bond acceptors (Lipinski definition) is 7. The fourth-order valence-corrected chi connectivity index (χ4v) is 2.48. The first-order valence-corrected chi connectivity index (χ1v) is 7.79. The highest BCUT2D eigenvalue weighted by Crippen LogP contribution is 2.23. The van der Waals surface area contributed by atoms with Crippen LogP contribution in [0.15, 0.2) is 24.3 Å². The molecule has 7 nitrogen and oxygen atoms in total. The zero-order valence-electron chi connectivity index (χ0n) is 13.7. The molecule has 0 amide bonds. The first kappa shape index (κ1) is 17.5. The minimum Gasteiger partial charge on any atom is -0.493 e. The van der Waals surface area contributed by atoms with Gasteiger partial charge in [-0.3, -0.25) is 0 Å². The average Bonchev–Trinajstić information content (AvgIpc) is 2.56. The molecule has 5 N–H and O–H groups in total. The Morgan fingerprint density at radius 2 is 1.75 bits per heavy atom. The van der Waals surface area contributed by atoms with Crippen molar-refractivity contribution in [1.82, 2.24) is 9.97 Å². The number of nitrogens with zero attached hydrogens (tertiary/aromatic N) is 2. The third kappa shape index (κ3) is 4.58. The van der Waals surface area contributed by atoms with E-state index in [1.54, 1.807) is 12.1 Å². The van der Waals surface area contributed by atoms with Gasteiger partial charge in [-0.15, -0.1) is 0 Å². The molecule has 0 bridgehead atoms. The third-order valence-corrected chi connectivity index (χ3v) is 3.80. The summed E-state index contributed by atoms with van der Waals surface area (Å²) >= 11 is 0. The molecule has 0 spiro atoms. The minimum atomic E-state index is -0.329. The summed E-state index contributed by atoms with van der Waals surface area (Å²) in [5.41, 5.74) is 13.4. The first-order valence-electron chi connectivity index (χ1n) is 7.79. The van der Waals surface area contributed by atoms with Crippen LogP contribution in [0.2, 0.25) is 0 Å². The predicted octanol–water partition coefficient (Wildman–Crippen LogP) is 2.09. The molecule has 1 aromatic carbocycles. The number of carbonyl (C=O) groups is 1. The van der Waals surface area contributed by atoms with Gasteiger partial charge in [-0.1, -0.05) is 18.6 Å². The van der Waals surface area contributed by atoms with Crippen molar-refractivity contribution in [3.63, 3.8) is 0 Å². The molecule has 128 valence electrons. The number of aryl methyl sites for hydroxylation is 1. The van der Waals surface area contributed by atoms with E-state index in [2.05, 4.69) is 14.7 Å². The zero-order valence-corrected chi connectivity index (χ0v) is 13.7. The maximum atomic E-state index is 11.4. The van der Waals surface area contributed by atoms with E-state index in [9.17, 15) is 9.90 Å². The molecule has 0 fully saturated rings. The van der Waals surface area contributed by atoms with E-state index in [4.69, 9.17) is 11.5 Å². The molecule has 0 unspecified atom stereocenters. The Morgan fingerprint density at radius 3 is 2.38 bits per heavy atom. The second-order valence-corrected chi connectivity index (χ2v) is 5.52. The number of methoxy groups -OCH3 is 1. The smallest absolute Gasteiger partial charge is 0.337 e. The van der Waals surface area contributed by atoms with Crippen LogP contribution in [0.25, 0.3) is 0 Å². The van der Waals surface area contributed by atoms with Gasteiger partial charge in [0.2, 0.25) is 11.8 Å². The highest BCUT2D eigenvalue weighted by molar-refractivity contribution is 5.89. The predicted molar refractivity (Wildman–Crippen MR) is 91.6 cm³/mol. The highest BCUT2D eigenvalue weighted by Gasteiger charge is 2.10. The van der Waals surface area contributed by atoms with Crippen LogP contribution in [0.5, 0.6) is 5.88 Å². The van der Waals surface area contributed by atoms with E-state index in [-0.39, 0.29) is 23.6 Å². The second kappa shape index (κ2) is 8.14. The van der Waals surface area contributed by atoms with E-state index in [0.29, 0.717) is 17.5 Å². The Labute approximate surface area is 140 Å². The number of esters is 1. The number of rotatable bonds is 7. The molecule has 1 heterocycles. The van der Waals surface area contributed by atoms with Crippen LogP contribution in [-0.2, 0) is 17.6 Å². The fraction of sp³-hybridized carbons (Fsp3) is 0.353. The summed E-state index contributed by atoms with van der Waals surface area (Å²) < 4.78 is 4.67. The fourth-order valence-electron chi connectivity index (χ4n) is 2.48. The lowest BCUT2D eigenvalue weighted by Crippen LogP contribution is -2.04. The Bertz CT molecular complexity index is 678. The van der Waals surface area contributed by atoms with E-state index in [1.807, 2.05) is 12.1 Å². The first-order chi connectivity index (χ1) is 11.5. The van der Waals surface area contributed by atoms with Gasteiger partial charge in [-0.05, 0) is 43.4 Å². The summed E-state index contributed by atoms with van der Waals surface area (Å²) in [4.78, 5) is 18.9. The number of hydrogen-bond donors (Lipinski definition) is 3. The van der Waals surface area contributed by atoms with E-state index >= 15 is 0 Å². The Hall–Kier alpha value is -2.83. The SMILES string of the molecule is COC(=O)c1ccc(CCCCCc2c(N)nc(N)nc2O)cc1.